The minimum Gasteiger partial charge on any atom is -0.462 e. The molecule has 4 nitrogen and oxygen atoms in total. The summed E-state index contributed by atoms with van der Waals surface area (Å²) >= 11 is 0. The smallest absolute Gasteiger partial charge is 0.342 e. The summed E-state index contributed by atoms with van der Waals surface area (Å²) < 4.78 is 17.5. The number of hydrogen-bond donors (Lipinski definition) is 2. The number of rotatable bonds is 2. The molecule has 0 bridgehead atoms. The first-order chi connectivity index (χ1) is 6.56. The van der Waals surface area contributed by atoms with Crippen molar-refractivity contribution in [1.29, 1.82) is 0 Å². The van der Waals surface area contributed by atoms with Crippen molar-refractivity contribution in [3.05, 3.63) is 23.5 Å². The SMILES string of the molecule is CCOC(=O)c1c(N)cc(F)cc1N. The average Bonchev–Trinajstić information content (AvgIpc) is 2.01. The van der Waals surface area contributed by atoms with E-state index in [4.69, 9.17) is 16.2 Å². The number of carbonyl (C=O) groups is 1. The molecule has 0 spiro atoms. The summed E-state index contributed by atoms with van der Waals surface area (Å²) in [5, 5.41) is 0. The zero-order valence-corrected chi connectivity index (χ0v) is 7.71. The first kappa shape index (κ1) is 10.3. The molecule has 0 radical (unpaired) electrons. The molecule has 14 heavy (non-hydrogen) atoms. The second-order valence-electron chi connectivity index (χ2n) is 2.68. The number of carbonyl (C=O) groups excluding carboxylic acids is 1. The van der Waals surface area contributed by atoms with Gasteiger partial charge in [-0.05, 0) is 19.1 Å². The summed E-state index contributed by atoms with van der Waals surface area (Å²) in [4.78, 5) is 11.3. The monoisotopic (exact) mass is 198 g/mol. The molecular formula is C9H11FN2O2. The van der Waals surface area contributed by atoms with E-state index in [9.17, 15) is 9.18 Å². The van der Waals surface area contributed by atoms with Crippen molar-refractivity contribution in [1.82, 2.24) is 0 Å². The molecule has 0 heterocycles. The molecule has 0 aliphatic rings. The lowest BCUT2D eigenvalue weighted by molar-refractivity contribution is 0.0529. The molecule has 0 fully saturated rings. The number of halogens is 1. The lowest BCUT2D eigenvalue weighted by Crippen LogP contribution is -2.11. The summed E-state index contributed by atoms with van der Waals surface area (Å²) in [6, 6.07) is 2.06. The van der Waals surface area contributed by atoms with Crippen LogP contribution in [0.5, 0.6) is 0 Å². The molecule has 0 saturated carbocycles. The van der Waals surface area contributed by atoms with Gasteiger partial charge in [0.05, 0.1) is 18.0 Å². The third-order valence-electron chi connectivity index (χ3n) is 1.64. The number of benzene rings is 1. The van der Waals surface area contributed by atoms with Crippen LogP contribution in [0.15, 0.2) is 12.1 Å². The number of anilines is 2. The Bertz CT molecular complexity index is 343. The maximum absolute atomic E-state index is 12.7. The van der Waals surface area contributed by atoms with Gasteiger partial charge in [-0.3, -0.25) is 0 Å². The Labute approximate surface area is 80.6 Å². The van der Waals surface area contributed by atoms with Crippen LogP contribution in [0.3, 0.4) is 0 Å². The molecule has 0 aliphatic carbocycles. The number of esters is 1. The predicted octanol–water partition coefficient (Wildman–Crippen LogP) is 1.17. The zero-order valence-electron chi connectivity index (χ0n) is 7.71. The fraction of sp³-hybridized carbons (Fsp3) is 0.222. The topological polar surface area (TPSA) is 78.3 Å². The molecule has 1 rings (SSSR count). The molecule has 4 N–H and O–H groups in total. The van der Waals surface area contributed by atoms with Crippen molar-refractivity contribution in [2.45, 2.75) is 6.92 Å². The van der Waals surface area contributed by atoms with Crippen molar-refractivity contribution in [2.24, 2.45) is 0 Å². The van der Waals surface area contributed by atoms with E-state index in [0.29, 0.717) is 0 Å². The third kappa shape index (κ3) is 1.93. The summed E-state index contributed by atoms with van der Waals surface area (Å²) in [6.45, 7) is 1.88. The van der Waals surface area contributed by atoms with E-state index in [0.717, 1.165) is 12.1 Å². The Morgan fingerprint density at radius 3 is 2.36 bits per heavy atom. The van der Waals surface area contributed by atoms with Crippen molar-refractivity contribution < 1.29 is 13.9 Å². The molecular weight excluding hydrogens is 187 g/mol. The van der Waals surface area contributed by atoms with Gasteiger partial charge >= 0.3 is 5.97 Å². The van der Waals surface area contributed by atoms with Crippen LogP contribution in [0.2, 0.25) is 0 Å². The van der Waals surface area contributed by atoms with Crippen LogP contribution in [0, 0.1) is 5.82 Å². The molecule has 0 unspecified atom stereocenters. The fourth-order valence-corrected chi connectivity index (χ4v) is 1.09. The average molecular weight is 198 g/mol. The highest BCUT2D eigenvalue weighted by atomic mass is 19.1. The summed E-state index contributed by atoms with van der Waals surface area (Å²) in [7, 11) is 0. The molecule has 0 aromatic heterocycles. The van der Waals surface area contributed by atoms with Gasteiger partial charge in [-0.15, -0.1) is 0 Å². The molecule has 0 aliphatic heterocycles. The zero-order chi connectivity index (χ0) is 10.7. The first-order valence-corrected chi connectivity index (χ1v) is 4.08. The van der Waals surface area contributed by atoms with Gasteiger partial charge in [-0.1, -0.05) is 0 Å². The number of nitrogens with two attached hydrogens (primary N) is 2. The third-order valence-corrected chi connectivity index (χ3v) is 1.64. The Morgan fingerprint density at radius 2 is 1.93 bits per heavy atom. The standard InChI is InChI=1S/C9H11FN2O2/c1-2-14-9(13)8-6(11)3-5(10)4-7(8)12/h3-4H,2,11-12H2,1H3. The highest BCUT2D eigenvalue weighted by Gasteiger charge is 2.15. The quantitative estimate of drug-likeness (QED) is 0.552. The molecule has 0 saturated heterocycles. The largest absolute Gasteiger partial charge is 0.462 e. The second kappa shape index (κ2) is 3.95. The van der Waals surface area contributed by atoms with E-state index >= 15 is 0 Å². The van der Waals surface area contributed by atoms with E-state index in [1.807, 2.05) is 0 Å². The van der Waals surface area contributed by atoms with Gasteiger partial charge in [0.1, 0.15) is 11.4 Å². The van der Waals surface area contributed by atoms with Gasteiger partial charge in [-0.25, -0.2) is 9.18 Å². The van der Waals surface area contributed by atoms with Gasteiger partial charge in [0.15, 0.2) is 0 Å². The minimum absolute atomic E-state index is 0.0130. The molecule has 0 atom stereocenters. The highest BCUT2D eigenvalue weighted by Crippen LogP contribution is 2.22. The lowest BCUT2D eigenvalue weighted by Gasteiger charge is -2.07. The van der Waals surface area contributed by atoms with E-state index in [1.165, 1.54) is 0 Å². The van der Waals surface area contributed by atoms with Crippen molar-refractivity contribution >= 4 is 17.3 Å². The van der Waals surface area contributed by atoms with Crippen LogP contribution in [0.4, 0.5) is 15.8 Å². The first-order valence-electron chi connectivity index (χ1n) is 4.08. The van der Waals surface area contributed by atoms with Gasteiger partial charge in [0.2, 0.25) is 0 Å². The summed E-state index contributed by atoms with van der Waals surface area (Å²) in [5.74, 6) is -1.21. The Morgan fingerprint density at radius 1 is 1.43 bits per heavy atom. The van der Waals surface area contributed by atoms with Crippen LogP contribution in [-0.4, -0.2) is 12.6 Å². The van der Waals surface area contributed by atoms with Gasteiger partial charge in [-0.2, -0.15) is 0 Å². The maximum atomic E-state index is 12.7. The van der Waals surface area contributed by atoms with Gasteiger partial charge in [0.25, 0.3) is 0 Å². The van der Waals surface area contributed by atoms with Crippen LogP contribution < -0.4 is 11.5 Å². The number of ether oxygens (including phenoxy) is 1. The van der Waals surface area contributed by atoms with Crippen molar-refractivity contribution in [3.63, 3.8) is 0 Å². The second-order valence-corrected chi connectivity index (χ2v) is 2.68. The summed E-state index contributed by atoms with van der Waals surface area (Å²) in [6.07, 6.45) is 0. The molecule has 1 aromatic rings. The molecule has 76 valence electrons. The molecule has 5 heteroatoms. The Kier molecular flexibility index (Phi) is 2.91. The fourth-order valence-electron chi connectivity index (χ4n) is 1.09. The molecule has 1 aromatic carbocycles. The highest BCUT2D eigenvalue weighted by molar-refractivity contribution is 6.00. The van der Waals surface area contributed by atoms with Crippen LogP contribution in [0.1, 0.15) is 17.3 Å². The van der Waals surface area contributed by atoms with Gasteiger partial charge < -0.3 is 16.2 Å². The van der Waals surface area contributed by atoms with E-state index in [2.05, 4.69) is 0 Å². The van der Waals surface area contributed by atoms with Crippen LogP contribution >= 0.6 is 0 Å². The Balaban J connectivity index is 3.14. The summed E-state index contributed by atoms with van der Waals surface area (Å²) in [5.41, 5.74) is 10.9. The predicted molar refractivity (Wildman–Crippen MR) is 51.2 cm³/mol. The number of nitrogen functional groups attached to an aromatic ring is 2. The maximum Gasteiger partial charge on any atom is 0.342 e. The van der Waals surface area contributed by atoms with Crippen molar-refractivity contribution in [3.8, 4) is 0 Å². The lowest BCUT2D eigenvalue weighted by atomic mass is 10.1. The minimum atomic E-state index is -0.637. The van der Waals surface area contributed by atoms with Crippen LogP contribution in [0.25, 0.3) is 0 Å². The number of hydrogen-bond acceptors (Lipinski definition) is 4. The Hall–Kier alpha value is -1.78. The van der Waals surface area contributed by atoms with Crippen molar-refractivity contribution in [2.75, 3.05) is 18.1 Å². The molecule has 0 amide bonds. The normalized spacial score (nSPS) is 9.86. The van der Waals surface area contributed by atoms with Crippen LogP contribution in [-0.2, 0) is 4.74 Å². The van der Waals surface area contributed by atoms with E-state index in [1.54, 1.807) is 6.92 Å². The van der Waals surface area contributed by atoms with E-state index < -0.39 is 11.8 Å². The van der Waals surface area contributed by atoms with E-state index in [-0.39, 0.29) is 23.5 Å². The van der Waals surface area contributed by atoms with Gasteiger partial charge in [0, 0.05) is 0 Å².